The lowest BCUT2D eigenvalue weighted by atomic mass is 10.2. The Balaban J connectivity index is 2.59. The molecule has 1 N–H and O–H groups in total. The minimum atomic E-state index is 0.507. The highest BCUT2D eigenvalue weighted by Crippen LogP contribution is 2.21. The van der Waals surface area contributed by atoms with Crippen molar-refractivity contribution in [2.45, 2.75) is 19.9 Å². The fourth-order valence-corrected chi connectivity index (χ4v) is 1.69. The zero-order valence-electron chi connectivity index (χ0n) is 8.93. The van der Waals surface area contributed by atoms with Gasteiger partial charge in [-0.3, -0.25) is 0 Å². The second kappa shape index (κ2) is 6.31. The molecule has 0 fully saturated rings. The molecule has 3 heteroatoms. The van der Waals surface area contributed by atoms with Crippen LogP contribution in [0, 0.1) is 0 Å². The van der Waals surface area contributed by atoms with Gasteiger partial charge in [-0.2, -0.15) is 0 Å². The largest absolute Gasteiger partial charge is 0.311 e. The molecular weight excluding hydrogens is 273 g/mol. The molecule has 1 rings (SSSR count). The molecule has 1 nitrogen and oxygen atoms in total. The average molecular weight is 289 g/mol. The van der Waals surface area contributed by atoms with E-state index in [1.807, 2.05) is 24.3 Å². The van der Waals surface area contributed by atoms with Crippen molar-refractivity contribution >= 4 is 33.6 Å². The van der Waals surface area contributed by atoms with Crippen molar-refractivity contribution in [2.24, 2.45) is 0 Å². The van der Waals surface area contributed by atoms with Crippen LogP contribution in [-0.2, 0) is 0 Å². The van der Waals surface area contributed by atoms with Gasteiger partial charge in [-0.15, -0.1) is 0 Å². The van der Waals surface area contributed by atoms with Gasteiger partial charge in [0.25, 0.3) is 0 Å². The van der Waals surface area contributed by atoms with Crippen molar-refractivity contribution in [3.05, 3.63) is 39.3 Å². The maximum Gasteiger partial charge on any atom is 0.0479 e. The summed E-state index contributed by atoms with van der Waals surface area (Å²) in [6, 6.07) is 6.34. The maximum atomic E-state index is 6.05. The smallest absolute Gasteiger partial charge is 0.0479 e. The molecule has 0 saturated carbocycles. The molecule has 0 aliphatic rings. The third kappa shape index (κ3) is 4.83. The summed E-state index contributed by atoms with van der Waals surface area (Å²) in [7, 11) is 0. The Labute approximate surface area is 105 Å². The van der Waals surface area contributed by atoms with Gasteiger partial charge in [0.15, 0.2) is 0 Å². The SMILES string of the molecule is CC(C)NC/C=C/c1cc(Br)ccc1Cl. The summed E-state index contributed by atoms with van der Waals surface area (Å²) < 4.78 is 1.04. The van der Waals surface area contributed by atoms with Gasteiger partial charge in [-0.1, -0.05) is 53.5 Å². The Morgan fingerprint density at radius 3 is 2.87 bits per heavy atom. The lowest BCUT2D eigenvalue weighted by Gasteiger charge is -2.04. The van der Waals surface area contributed by atoms with E-state index in [9.17, 15) is 0 Å². The van der Waals surface area contributed by atoms with Crippen molar-refractivity contribution < 1.29 is 0 Å². The van der Waals surface area contributed by atoms with Crippen LogP contribution in [-0.4, -0.2) is 12.6 Å². The molecule has 0 atom stereocenters. The quantitative estimate of drug-likeness (QED) is 0.879. The minimum absolute atomic E-state index is 0.507. The van der Waals surface area contributed by atoms with Gasteiger partial charge in [-0.25, -0.2) is 0 Å². The van der Waals surface area contributed by atoms with Crippen LogP contribution in [0.5, 0.6) is 0 Å². The summed E-state index contributed by atoms with van der Waals surface area (Å²) in [6.45, 7) is 5.11. The van der Waals surface area contributed by atoms with Crippen LogP contribution >= 0.6 is 27.5 Å². The molecule has 82 valence electrons. The summed E-state index contributed by atoms with van der Waals surface area (Å²) in [5.41, 5.74) is 1.04. The molecule has 15 heavy (non-hydrogen) atoms. The van der Waals surface area contributed by atoms with Crippen molar-refractivity contribution in [1.29, 1.82) is 0 Å². The zero-order valence-corrected chi connectivity index (χ0v) is 11.3. The van der Waals surface area contributed by atoms with Crippen LogP contribution in [0.2, 0.25) is 5.02 Å². The van der Waals surface area contributed by atoms with Crippen LogP contribution in [0.15, 0.2) is 28.7 Å². The van der Waals surface area contributed by atoms with E-state index < -0.39 is 0 Å². The van der Waals surface area contributed by atoms with E-state index >= 15 is 0 Å². The second-order valence-corrected chi connectivity index (χ2v) is 4.95. The number of rotatable bonds is 4. The first-order valence-corrected chi connectivity index (χ1v) is 6.11. The van der Waals surface area contributed by atoms with Gasteiger partial charge >= 0.3 is 0 Å². The Kier molecular flexibility index (Phi) is 5.37. The average Bonchev–Trinajstić information content (AvgIpc) is 2.17. The summed E-state index contributed by atoms with van der Waals surface area (Å²) >= 11 is 9.47. The van der Waals surface area contributed by atoms with Crippen LogP contribution in [0.25, 0.3) is 6.08 Å². The number of hydrogen-bond acceptors (Lipinski definition) is 1. The number of hydrogen-bond donors (Lipinski definition) is 1. The van der Waals surface area contributed by atoms with E-state index in [2.05, 4.69) is 41.2 Å². The molecule has 0 radical (unpaired) electrons. The molecule has 0 aliphatic heterocycles. The third-order valence-electron chi connectivity index (χ3n) is 1.90. The molecule has 0 heterocycles. The normalized spacial score (nSPS) is 11.5. The first kappa shape index (κ1) is 12.8. The minimum Gasteiger partial charge on any atom is -0.311 e. The van der Waals surface area contributed by atoms with Crippen LogP contribution in [0.1, 0.15) is 19.4 Å². The van der Waals surface area contributed by atoms with Gasteiger partial charge < -0.3 is 5.32 Å². The van der Waals surface area contributed by atoms with E-state index in [0.29, 0.717) is 6.04 Å². The van der Waals surface area contributed by atoms with E-state index in [-0.39, 0.29) is 0 Å². The number of benzene rings is 1. The monoisotopic (exact) mass is 287 g/mol. The van der Waals surface area contributed by atoms with Crippen LogP contribution in [0.4, 0.5) is 0 Å². The van der Waals surface area contributed by atoms with Gasteiger partial charge in [0.1, 0.15) is 0 Å². The van der Waals surface area contributed by atoms with E-state index in [0.717, 1.165) is 21.6 Å². The van der Waals surface area contributed by atoms with Crippen LogP contribution in [0.3, 0.4) is 0 Å². The Hall–Kier alpha value is -0.310. The fourth-order valence-electron chi connectivity index (χ4n) is 1.13. The predicted molar refractivity (Wildman–Crippen MR) is 71.3 cm³/mol. The van der Waals surface area contributed by atoms with Gasteiger partial charge in [0.05, 0.1) is 0 Å². The van der Waals surface area contributed by atoms with Crippen molar-refractivity contribution in [3.63, 3.8) is 0 Å². The third-order valence-corrected chi connectivity index (χ3v) is 2.74. The molecule has 1 aromatic carbocycles. The molecule has 0 aromatic heterocycles. The Morgan fingerprint density at radius 1 is 1.47 bits per heavy atom. The fraction of sp³-hybridized carbons (Fsp3) is 0.333. The second-order valence-electron chi connectivity index (χ2n) is 3.63. The molecule has 1 aromatic rings. The molecular formula is C12H15BrClN. The molecule has 0 amide bonds. The highest BCUT2D eigenvalue weighted by Gasteiger charge is 1.96. The van der Waals surface area contributed by atoms with Gasteiger partial charge in [-0.05, 0) is 23.8 Å². The van der Waals surface area contributed by atoms with Crippen molar-refractivity contribution in [2.75, 3.05) is 6.54 Å². The Bertz CT molecular complexity index is 347. The van der Waals surface area contributed by atoms with Crippen LogP contribution < -0.4 is 5.32 Å². The number of nitrogens with one attached hydrogen (secondary N) is 1. The lowest BCUT2D eigenvalue weighted by molar-refractivity contribution is 0.633. The van der Waals surface area contributed by atoms with E-state index in [1.165, 1.54) is 0 Å². The van der Waals surface area contributed by atoms with Gasteiger partial charge in [0, 0.05) is 22.1 Å². The lowest BCUT2D eigenvalue weighted by Crippen LogP contribution is -2.22. The first-order valence-electron chi connectivity index (χ1n) is 4.94. The van der Waals surface area contributed by atoms with Crippen molar-refractivity contribution in [3.8, 4) is 0 Å². The van der Waals surface area contributed by atoms with E-state index in [4.69, 9.17) is 11.6 Å². The molecule has 0 unspecified atom stereocenters. The molecule has 0 bridgehead atoms. The summed E-state index contributed by atoms with van der Waals surface area (Å²) in [6.07, 6.45) is 4.11. The standard InChI is InChI=1S/C12H15BrClN/c1-9(2)15-7-3-4-10-8-11(13)5-6-12(10)14/h3-6,8-9,15H,7H2,1-2H3/b4-3+. The first-order chi connectivity index (χ1) is 7.09. The van der Waals surface area contributed by atoms with Gasteiger partial charge in [0.2, 0.25) is 0 Å². The maximum absolute atomic E-state index is 6.05. The zero-order chi connectivity index (χ0) is 11.3. The summed E-state index contributed by atoms with van der Waals surface area (Å²) in [5.74, 6) is 0. The number of halogens is 2. The molecule has 0 aliphatic carbocycles. The molecule has 0 spiro atoms. The summed E-state index contributed by atoms with van der Waals surface area (Å²) in [4.78, 5) is 0. The highest BCUT2D eigenvalue weighted by molar-refractivity contribution is 9.10. The molecule has 0 saturated heterocycles. The summed E-state index contributed by atoms with van der Waals surface area (Å²) in [5, 5.41) is 4.09. The van der Waals surface area contributed by atoms with Crippen molar-refractivity contribution in [1.82, 2.24) is 5.32 Å². The predicted octanol–water partition coefficient (Wildman–Crippen LogP) is 4.11. The van der Waals surface area contributed by atoms with E-state index in [1.54, 1.807) is 0 Å². The highest BCUT2D eigenvalue weighted by atomic mass is 79.9. The Morgan fingerprint density at radius 2 is 2.20 bits per heavy atom. The topological polar surface area (TPSA) is 12.0 Å².